The smallest absolute Gasteiger partial charge is 0.242 e. The third-order valence-corrected chi connectivity index (χ3v) is 4.27. The maximum absolute atomic E-state index is 12.2. The lowest BCUT2D eigenvalue weighted by Crippen LogP contribution is -2.42. The van der Waals surface area contributed by atoms with Crippen LogP contribution in [0.25, 0.3) is 0 Å². The Kier molecular flexibility index (Phi) is 5.66. The van der Waals surface area contributed by atoms with Gasteiger partial charge in [-0.25, -0.2) is 0 Å². The monoisotopic (exact) mass is 288 g/mol. The van der Waals surface area contributed by atoms with E-state index in [1.807, 2.05) is 6.92 Å². The van der Waals surface area contributed by atoms with Gasteiger partial charge in [-0.05, 0) is 63.1 Å². The number of hydrogen-bond donors (Lipinski definition) is 2. The van der Waals surface area contributed by atoms with Crippen molar-refractivity contribution in [3.8, 4) is 0 Å². The van der Waals surface area contributed by atoms with Crippen LogP contribution in [-0.4, -0.2) is 18.0 Å². The molecule has 1 aliphatic carbocycles. The van der Waals surface area contributed by atoms with E-state index in [9.17, 15) is 4.79 Å². The lowest BCUT2D eigenvalue weighted by molar-refractivity contribution is -0.122. The number of fused-ring (bicyclic) bond motifs is 1. The summed E-state index contributed by atoms with van der Waals surface area (Å²) in [6, 6.07) is 6.46. The molecule has 0 aromatic heterocycles. The largest absolute Gasteiger partial charge is 0.374 e. The molecule has 0 saturated carbocycles. The molecule has 1 aromatic rings. The van der Waals surface area contributed by atoms with Crippen LogP contribution in [0, 0.1) is 0 Å². The highest BCUT2D eigenvalue weighted by Gasteiger charge is 2.18. The van der Waals surface area contributed by atoms with Crippen LogP contribution in [0.2, 0.25) is 0 Å². The third-order valence-electron chi connectivity index (χ3n) is 4.27. The van der Waals surface area contributed by atoms with Crippen LogP contribution in [0.5, 0.6) is 0 Å². The Balaban J connectivity index is 1.99. The van der Waals surface area contributed by atoms with Crippen molar-refractivity contribution in [3.05, 3.63) is 29.3 Å². The van der Waals surface area contributed by atoms with E-state index in [0.29, 0.717) is 0 Å². The summed E-state index contributed by atoms with van der Waals surface area (Å²) < 4.78 is 0. The average Bonchev–Trinajstić information content (AvgIpc) is 2.47. The molecule has 116 valence electrons. The molecule has 1 aliphatic rings. The molecule has 0 aliphatic heterocycles. The Bertz CT molecular complexity index is 484. The molecule has 3 nitrogen and oxygen atoms in total. The van der Waals surface area contributed by atoms with Crippen molar-refractivity contribution >= 4 is 11.6 Å². The molecule has 0 heterocycles. The Hall–Kier alpha value is -1.51. The van der Waals surface area contributed by atoms with Gasteiger partial charge in [0.05, 0.1) is 0 Å². The van der Waals surface area contributed by atoms with Crippen molar-refractivity contribution in [1.29, 1.82) is 0 Å². The first-order valence-electron chi connectivity index (χ1n) is 8.29. The molecule has 2 N–H and O–H groups in total. The fraction of sp³-hybridized carbons (Fsp3) is 0.611. The lowest BCUT2D eigenvalue weighted by Gasteiger charge is -2.23. The number of benzene rings is 1. The predicted molar refractivity (Wildman–Crippen MR) is 88.7 cm³/mol. The topological polar surface area (TPSA) is 41.1 Å². The molecule has 2 atom stereocenters. The Morgan fingerprint density at radius 1 is 1.24 bits per heavy atom. The summed E-state index contributed by atoms with van der Waals surface area (Å²) in [7, 11) is 0. The first kappa shape index (κ1) is 15.9. The van der Waals surface area contributed by atoms with Crippen molar-refractivity contribution in [2.24, 2.45) is 0 Å². The number of rotatable bonds is 6. The molecule has 1 amide bonds. The molecule has 0 saturated heterocycles. The summed E-state index contributed by atoms with van der Waals surface area (Å²) in [6.45, 7) is 6.15. The van der Waals surface area contributed by atoms with E-state index in [4.69, 9.17) is 0 Å². The van der Waals surface area contributed by atoms with Crippen LogP contribution in [-0.2, 0) is 17.6 Å². The first-order chi connectivity index (χ1) is 10.1. The highest BCUT2D eigenvalue weighted by molar-refractivity contribution is 5.84. The second-order valence-corrected chi connectivity index (χ2v) is 6.21. The van der Waals surface area contributed by atoms with E-state index in [1.165, 1.54) is 30.4 Å². The van der Waals surface area contributed by atoms with Crippen LogP contribution < -0.4 is 10.6 Å². The third kappa shape index (κ3) is 4.23. The lowest BCUT2D eigenvalue weighted by atomic mass is 9.90. The van der Waals surface area contributed by atoms with Crippen LogP contribution in [0.4, 0.5) is 5.69 Å². The van der Waals surface area contributed by atoms with Crippen LogP contribution in [0.1, 0.15) is 57.6 Å². The van der Waals surface area contributed by atoms with Crippen molar-refractivity contribution in [2.45, 2.75) is 71.4 Å². The number of aryl methyl sites for hydroxylation is 1. The second-order valence-electron chi connectivity index (χ2n) is 6.21. The van der Waals surface area contributed by atoms with Gasteiger partial charge < -0.3 is 10.6 Å². The van der Waals surface area contributed by atoms with Crippen LogP contribution in [0.15, 0.2) is 18.2 Å². The van der Waals surface area contributed by atoms with Gasteiger partial charge >= 0.3 is 0 Å². The van der Waals surface area contributed by atoms with Crippen LogP contribution in [0.3, 0.4) is 0 Å². The minimum atomic E-state index is -0.197. The summed E-state index contributed by atoms with van der Waals surface area (Å²) in [5, 5.41) is 6.48. The SMILES string of the molecule is CCCC(C)NC(=O)C(C)Nc1cccc2c1CCCC2. The van der Waals surface area contributed by atoms with E-state index in [1.54, 1.807) is 0 Å². The zero-order valence-corrected chi connectivity index (χ0v) is 13.5. The highest BCUT2D eigenvalue weighted by Crippen LogP contribution is 2.28. The molecule has 0 fully saturated rings. The van der Waals surface area contributed by atoms with Gasteiger partial charge in [-0.3, -0.25) is 4.79 Å². The minimum absolute atomic E-state index is 0.0874. The van der Waals surface area contributed by atoms with Crippen molar-refractivity contribution in [1.82, 2.24) is 5.32 Å². The van der Waals surface area contributed by atoms with Gasteiger partial charge in [-0.1, -0.05) is 25.5 Å². The molecule has 0 radical (unpaired) electrons. The molecule has 0 spiro atoms. The number of amides is 1. The van der Waals surface area contributed by atoms with E-state index in [-0.39, 0.29) is 18.0 Å². The van der Waals surface area contributed by atoms with Gasteiger partial charge in [0, 0.05) is 11.7 Å². The van der Waals surface area contributed by atoms with Crippen molar-refractivity contribution in [3.63, 3.8) is 0 Å². The van der Waals surface area contributed by atoms with E-state index >= 15 is 0 Å². The standard InChI is InChI=1S/C18H28N2O/c1-4-8-13(2)19-18(21)14(3)20-17-12-7-10-15-9-5-6-11-16(15)17/h7,10,12-14,20H,4-6,8-9,11H2,1-3H3,(H,19,21). The van der Waals surface area contributed by atoms with E-state index in [0.717, 1.165) is 24.9 Å². The minimum Gasteiger partial charge on any atom is -0.374 e. The molecule has 0 bridgehead atoms. The Morgan fingerprint density at radius 2 is 2.00 bits per heavy atom. The molecule has 2 rings (SSSR count). The van der Waals surface area contributed by atoms with Gasteiger partial charge in [0.25, 0.3) is 0 Å². The summed E-state index contributed by atoms with van der Waals surface area (Å²) in [4.78, 5) is 12.2. The Labute approximate surface area is 128 Å². The first-order valence-corrected chi connectivity index (χ1v) is 8.29. The fourth-order valence-corrected chi connectivity index (χ4v) is 3.09. The van der Waals surface area contributed by atoms with Gasteiger partial charge in [-0.15, -0.1) is 0 Å². The van der Waals surface area contributed by atoms with E-state index in [2.05, 4.69) is 42.7 Å². The maximum Gasteiger partial charge on any atom is 0.242 e. The maximum atomic E-state index is 12.2. The number of nitrogens with one attached hydrogen (secondary N) is 2. The second kappa shape index (κ2) is 7.48. The summed E-state index contributed by atoms with van der Waals surface area (Å²) in [6.07, 6.45) is 6.94. The van der Waals surface area contributed by atoms with E-state index < -0.39 is 0 Å². The molecule has 3 heteroatoms. The van der Waals surface area contributed by atoms with Crippen molar-refractivity contribution in [2.75, 3.05) is 5.32 Å². The van der Waals surface area contributed by atoms with Crippen molar-refractivity contribution < 1.29 is 4.79 Å². The zero-order valence-electron chi connectivity index (χ0n) is 13.5. The molecule has 2 unspecified atom stereocenters. The summed E-state index contributed by atoms with van der Waals surface area (Å²) >= 11 is 0. The molecular formula is C18H28N2O. The quantitative estimate of drug-likeness (QED) is 0.838. The Morgan fingerprint density at radius 3 is 2.76 bits per heavy atom. The molecular weight excluding hydrogens is 260 g/mol. The number of hydrogen-bond acceptors (Lipinski definition) is 2. The zero-order chi connectivity index (χ0) is 15.2. The summed E-state index contributed by atoms with van der Waals surface area (Å²) in [5.41, 5.74) is 3.99. The predicted octanol–water partition coefficient (Wildman–Crippen LogP) is 3.67. The molecule has 1 aromatic carbocycles. The normalized spacial score (nSPS) is 16.7. The highest BCUT2D eigenvalue weighted by atomic mass is 16.2. The van der Waals surface area contributed by atoms with Crippen LogP contribution >= 0.6 is 0 Å². The number of carbonyl (C=O) groups is 1. The van der Waals surface area contributed by atoms with Gasteiger partial charge in [0.2, 0.25) is 5.91 Å². The van der Waals surface area contributed by atoms with Gasteiger partial charge in [-0.2, -0.15) is 0 Å². The molecule has 21 heavy (non-hydrogen) atoms. The number of anilines is 1. The number of carbonyl (C=O) groups excluding carboxylic acids is 1. The average molecular weight is 288 g/mol. The summed E-state index contributed by atoms with van der Waals surface area (Å²) in [5.74, 6) is 0.0874. The van der Waals surface area contributed by atoms with Gasteiger partial charge in [0.1, 0.15) is 6.04 Å². The van der Waals surface area contributed by atoms with Gasteiger partial charge in [0.15, 0.2) is 0 Å². The fourth-order valence-electron chi connectivity index (χ4n) is 3.09.